The maximum atomic E-state index is 11.9. The summed E-state index contributed by atoms with van der Waals surface area (Å²) in [5, 5.41) is 3.24. The highest BCUT2D eigenvalue weighted by molar-refractivity contribution is 7.86. The zero-order chi connectivity index (χ0) is 13.0. The van der Waals surface area contributed by atoms with E-state index >= 15 is 0 Å². The number of rotatable bonds is 4. The topological polar surface area (TPSA) is 55.4 Å². The van der Waals surface area contributed by atoms with Crippen LogP contribution in [0.15, 0.2) is 29.2 Å². The van der Waals surface area contributed by atoms with Crippen molar-refractivity contribution in [3.8, 4) is 0 Å². The highest BCUT2D eigenvalue weighted by atomic mass is 32.2. The fourth-order valence-corrected chi connectivity index (χ4v) is 2.98. The van der Waals surface area contributed by atoms with Crippen molar-refractivity contribution in [1.29, 1.82) is 0 Å². The molecule has 1 aliphatic rings. The fourth-order valence-electron chi connectivity index (χ4n) is 2.01. The highest BCUT2D eigenvalue weighted by Gasteiger charge is 2.19. The second-order valence-corrected chi connectivity index (χ2v) is 6.36. The molecule has 0 aromatic heterocycles. The van der Waals surface area contributed by atoms with Crippen LogP contribution < -0.4 is 5.32 Å². The molecule has 18 heavy (non-hydrogen) atoms. The van der Waals surface area contributed by atoms with Crippen LogP contribution in [0, 0.1) is 12.8 Å². The molecular weight excluding hydrogens is 250 g/mol. The van der Waals surface area contributed by atoms with Gasteiger partial charge in [-0.25, -0.2) is 0 Å². The van der Waals surface area contributed by atoms with Crippen molar-refractivity contribution in [3.05, 3.63) is 29.8 Å². The van der Waals surface area contributed by atoms with E-state index < -0.39 is 10.1 Å². The molecule has 0 bridgehead atoms. The average Bonchev–Trinajstić information content (AvgIpc) is 2.38. The minimum Gasteiger partial charge on any atom is -0.317 e. The van der Waals surface area contributed by atoms with Gasteiger partial charge in [0.05, 0.1) is 11.5 Å². The van der Waals surface area contributed by atoms with Crippen molar-refractivity contribution in [3.63, 3.8) is 0 Å². The van der Waals surface area contributed by atoms with Gasteiger partial charge >= 0.3 is 0 Å². The summed E-state index contributed by atoms with van der Waals surface area (Å²) in [5.41, 5.74) is 1.03. The van der Waals surface area contributed by atoms with Crippen molar-refractivity contribution >= 4 is 10.1 Å². The van der Waals surface area contributed by atoms with Crippen LogP contribution in [0.25, 0.3) is 0 Å². The molecule has 1 fully saturated rings. The van der Waals surface area contributed by atoms with Gasteiger partial charge in [-0.2, -0.15) is 8.42 Å². The molecule has 0 spiro atoms. The first kappa shape index (κ1) is 13.5. The van der Waals surface area contributed by atoms with Crippen LogP contribution in [-0.4, -0.2) is 28.1 Å². The Balaban J connectivity index is 1.96. The second-order valence-electron chi connectivity index (χ2n) is 4.75. The Morgan fingerprint density at radius 1 is 1.22 bits per heavy atom. The summed E-state index contributed by atoms with van der Waals surface area (Å²) in [7, 11) is -3.60. The zero-order valence-electron chi connectivity index (χ0n) is 10.6. The Labute approximate surface area is 108 Å². The number of piperidine rings is 1. The molecule has 0 unspecified atom stereocenters. The Hall–Kier alpha value is -0.910. The van der Waals surface area contributed by atoms with Crippen LogP contribution in [-0.2, 0) is 14.3 Å². The van der Waals surface area contributed by atoms with Gasteiger partial charge in [0.25, 0.3) is 10.1 Å². The normalized spacial score (nSPS) is 17.8. The molecule has 0 radical (unpaired) electrons. The summed E-state index contributed by atoms with van der Waals surface area (Å²) in [6.45, 7) is 4.10. The molecule has 1 aromatic rings. The molecule has 1 saturated heterocycles. The Bertz CT molecular complexity index is 475. The van der Waals surface area contributed by atoms with Crippen LogP contribution in [0.4, 0.5) is 0 Å². The molecular formula is C13H19NO3S. The van der Waals surface area contributed by atoms with Gasteiger partial charge in [0, 0.05) is 0 Å². The third kappa shape index (κ3) is 3.54. The summed E-state index contributed by atoms with van der Waals surface area (Å²) in [6, 6.07) is 6.74. The number of nitrogens with one attached hydrogen (secondary N) is 1. The number of aryl methyl sites for hydroxylation is 1. The summed E-state index contributed by atoms with van der Waals surface area (Å²) >= 11 is 0. The molecule has 0 atom stereocenters. The summed E-state index contributed by atoms with van der Waals surface area (Å²) < 4.78 is 29.0. The molecule has 1 aliphatic heterocycles. The lowest BCUT2D eigenvalue weighted by Gasteiger charge is -2.21. The van der Waals surface area contributed by atoms with E-state index in [2.05, 4.69) is 5.32 Å². The van der Waals surface area contributed by atoms with Crippen LogP contribution in [0.3, 0.4) is 0 Å². The minimum absolute atomic E-state index is 0.238. The Morgan fingerprint density at radius 2 is 1.83 bits per heavy atom. The smallest absolute Gasteiger partial charge is 0.296 e. The van der Waals surface area contributed by atoms with Gasteiger partial charge in [0.15, 0.2) is 0 Å². The number of hydrogen-bond acceptors (Lipinski definition) is 4. The van der Waals surface area contributed by atoms with Crippen LogP contribution in [0.2, 0.25) is 0 Å². The minimum atomic E-state index is -3.60. The lowest BCUT2D eigenvalue weighted by atomic mass is 10.00. The lowest BCUT2D eigenvalue weighted by Crippen LogP contribution is -2.30. The van der Waals surface area contributed by atoms with E-state index in [9.17, 15) is 8.42 Å². The van der Waals surface area contributed by atoms with Gasteiger partial charge in [-0.1, -0.05) is 17.7 Å². The van der Waals surface area contributed by atoms with Crippen molar-refractivity contribution in [2.45, 2.75) is 24.7 Å². The zero-order valence-corrected chi connectivity index (χ0v) is 11.4. The van der Waals surface area contributed by atoms with Gasteiger partial charge in [-0.3, -0.25) is 4.18 Å². The van der Waals surface area contributed by atoms with Crippen LogP contribution >= 0.6 is 0 Å². The largest absolute Gasteiger partial charge is 0.317 e. The Morgan fingerprint density at radius 3 is 2.44 bits per heavy atom. The molecule has 1 aromatic carbocycles. The van der Waals surface area contributed by atoms with Crippen molar-refractivity contribution < 1.29 is 12.6 Å². The Kier molecular flexibility index (Phi) is 4.37. The third-order valence-electron chi connectivity index (χ3n) is 3.23. The quantitative estimate of drug-likeness (QED) is 0.845. The lowest BCUT2D eigenvalue weighted by molar-refractivity contribution is 0.220. The predicted molar refractivity (Wildman–Crippen MR) is 69.9 cm³/mol. The second kappa shape index (κ2) is 5.82. The van der Waals surface area contributed by atoms with E-state index in [-0.39, 0.29) is 11.5 Å². The third-order valence-corrected chi connectivity index (χ3v) is 4.52. The summed E-state index contributed by atoms with van der Waals surface area (Å²) in [5.74, 6) is 0.339. The maximum Gasteiger partial charge on any atom is 0.296 e. The number of benzene rings is 1. The van der Waals surface area contributed by atoms with E-state index in [0.29, 0.717) is 5.92 Å². The molecule has 4 nitrogen and oxygen atoms in total. The first-order chi connectivity index (χ1) is 8.58. The van der Waals surface area contributed by atoms with Gasteiger partial charge in [-0.05, 0) is 50.9 Å². The van der Waals surface area contributed by atoms with E-state index in [1.165, 1.54) is 0 Å². The maximum absolute atomic E-state index is 11.9. The molecule has 2 rings (SSSR count). The predicted octanol–water partition coefficient (Wildman–Crippen LogP) is 1.70. The van der Waals surface area contributed by atoms with Crippen molar-refractivity contribution in [1.82, 2.24) is 5.32 Å². The molecule has 0 amide bonds. The van der Waals surface area contributed by atoms with Gasteiger partial charge in [0.1, 0.15) is 0 Å². The molecule has 0 aliphatic carbocycles. The molecule has 1 N–H and O–H groups in total. The standard InChI is InChI=1S/C13H19NO3S/c1-11-2-4-13(5-3-11)18(15,16)17-10-12-6-8-14-9-7-12/h2-5,12,14H,6-10H2,1H3. The fraction of sp³-hybridized carbons (Fsp3) is 0.538. The highest BCUT2D eigenvalue weighted by Crippen LogP contribution is 2.17. The van der Waals surface area contributed by atoms with Gasteiger partial charge in [-0.15, -0.1) is 0 Å². The van der Waals surface area contributed by atoms with E-state index in [1.807, 2.05) is 6.92 Å². The van der Waals surface area contributed by atoms with E-state index in [0.717, 1.165) is 31.5 Å². The van der Waals surface area contributed by atoms with Crippen molar-refractivity contribution in [2.24, 2.45) is 5.92 Å². The van der Waals surface area contributed by atoms with Crippen LogP contribution in [0.5, 0.6) is 0 Å². The molecule has 5 heteroatoms. The molecule has 100 valence electrons. The summed E-state index contributed by atoms with van der Waals surface area (Å²) in [4.78, 5) is 0.238. The molecule has 1 heterocycles. The van der Waals surface area contributed by atoms with E-state index in [1.54, 1.807) is 24.3 Å². The van der Waals surface area contributed by atoms with Crippen LogP contribution in [0.1, 0.15) is 18.4 Å². The average molecular weight is 269 g/mol. The first-order valence-electron chi connectivity index (χ1n) is 6.25. The first-order valence-corrected chi connectivity index (χ1v) is 7.65. The van der Waals surface area contributed by atoms with E-state index in [4.69, 9.17) is 4.18 Å². The number of hydrogen-bond donors (Lipinski definition) is 1. The van der Waals surface area contributed by atoms with Gasteiger partial charge in [0.2, 0.25) is 0 Å². The van der Waals surface area contributed by atoms with Crippen molar-refractivity contribution in [2.75, 3.05) is 19.7 Å². The molecule has 0 saturated carbocycles. The van der Waals surface area contributed by atoms with Gasteiger partial charge < -0.3 is 5.32 Å². The SMILES string of the molecule is Cc1ccc(S(=O)(=O)OCC2CCNCC2)cc1. The monoisotopic (exact) mass is 269 g/mol. The summed E-state index contributed by atoms with van der Waals surface area (Å²) in [6.07, 6.45) is 1.95.